The Morgan fingerprint density at radius 1 is 1.16 bits per heavy atom. The molecule has 1 aromatic carbocycles. The van der Waals surface area contributed by atoms with Gasteiger partial charge in [-0.3, -0.25) is 0 Å². The maximum Gasteiger partial charge on any atom is 0.416 e. The zero-order valence-corrected chi connectivity index (χ0v) is 22.2. The molecule has 2 atom stereocenters. The molecular weight excluding hydrogens is 493 g/mol. The van der Waals surface area contributed by atoms with E-state index in [0.717, 1.165) is 86.3 Å². The molecule has 1 aliphatic carbocycles. The zero-order chi connectivity index (χ0) is 26.9. The van der Waals surface area contributed by atoms with Crippen LogP contribution in [-0.2, 0) is 22.1 Å². The molecule has 3 aliphatic rings. The number of halogens is 3. The Morgan fingerprint density at radius 3 is 2.61 bits per heavy atom. The first kappa shape index (κ1) is 27.1. The van der Waals surface area contributed by atoms with Crippen LogP contribution in [0.15, 0.2) is 30.8 Å². The molecule has 2 aromatic rings. The first-order valence-corrected chi connectivity index (χ1v) is 13.6. The Bertz CT molecular complexity index is 1140. The van der Waals surface area contributed by atoms with Gasteiger partial charge in [0.2, 0.25) is 0 Å². The Hall–Kier alpha value is -2.49. The lowest BCUT2D eigenvalue weighted by Crippen LogP contribution is -2.53. The van der Waals surface area contributed by atoms with Crippen LogP contribution in [0.25, 0.3) is 5.70 Å². The number of piperidine rings is 1. The minimum atomic E-state index is -4.37. The molecule has 9 heteroatoms. The lowest BCUT2D eigenvalue weighted by atomic mass is 9.98. The molecule has 0 radical (unpaired) electrons. The number of alkyl halides is 3. The summed E-state index contributed by atoms with van der Waals surface area (Å²) < 4.78 is 51.0. The van der Waals surface area contributed by atoms with Gasteiger partial charge in [-0.25, -0.2) is 9.97 Å². The smallest absolute Gasteiger partial charge is 0.379 e. The fourth-order valence-electron chi connectivity index (χ4n) is 5.51. The molecule has 1 N–H and O–H groups in total. The van der Waals surface area contributed by atoms with Gasteiger partial charge in [0, 0.05) is 51.2 Å². The summed E-state index contributed by atoms with van der Waals surface area (Å²) >= 11 is 0. The van der Waals surface area contributed by atoms with Gasteiger partial charge < -0.3 is 19.7 Å². The van der Waals surface area contributed by atoms with Crippen LogP contribution in [0.5, 0.6) is 0 Å². The molecule has 2 aliphatic heterocycles. The molecule has 206 valence electrons. The van der Waals surface area contributed by atoms with E-state index in [1.807, 2.05) is 6.92 Å². The van der Waals surface area contributed by atoms with E-state index in [-0.39, 0.29) is 6.10 Å². The van der Waals surface area contributed by atoms with E-state index in [9.17, 15) is 13.2 Å². The van der Waals surface area contributed by atoms with Gasteiger partial charge >= 0.3 is 6.18 Å². The Kier molecular flexibility index (Phi) is 8.07. The van der Waals surface area contributed by atoms with Crippen LogP contribution in [0, 0.1) is 6.92 Å². The molecule has 0 spiro atoms. The van der Waals surface area contributed by atoms with E-state index in [1.165, 1.54) is 12.1 Å². The fourth-order valence-corrected chi connectivity index (χ4v) is 5.51. The highest BCUT2D eigenvalue weighted by Crippen LogP contribution is 2.39. The van der Waals surface area contributed by atoms with Crippen molar-refractivity contribution in [3.05, 3.63) is 64.7 Å². The van der Waals surface area contributed by atoms with Crippen molar-refractivity contribution in [2.75, 3.05) is 33.4 Å². The number of nitrogens with one attached hydrogen (secondary N) is 1. The summed E-state index contributed by atoms with van der Waals surface area (Å²) in [4.78, 5) is 12.0. The van der Waals surface area contributed by atoms with Gasteiger partial charge in [-0.2, -0.15) is 13.2 Å². The molecule has 3 fully saturated rings. The summed E-state index contributed by atoms with van der Waals surface area (Å²) in [5, 5.41) is 3.79. The van der Waals surface area contributed by atoms with E-state index < -0.39 is 11.7 Å². The van der Waals surface area contributed by atoms with E-state index in [2.05, 4.69) is 16.8 Å². The minimum Gasteiger partial charge on any atom is -0.379 e. The van der Waals surface area contributed by atoms with Crippen molar-refractivity contribution in [3.8, 4) is 0 Å². The van der Waals surface area contributed by atoms with Crippen molar-refractivity contribution in [1.82, 2.24) is 20.2 Å². The third kappa shape index (κ3) is 6.21. The maximum absolute atomic E-state index is 13.3. The van der Waals surface area contributed by atoms with Gasteiger partial charge in [-0.05, 0) is 56.2 Å². The van der Waals surface area contributed by atoms with Gasteiger partial charge in [-0.15, -0.1) is 0 Å². The fraction of sp³-hybridized carbons (Fsp3) is 0.586. The molecule has 3 heterocycles. The number of benzene rings is 1. The van der Waals surface area contributed by atoms with Gasteiger partial charge in [-0.1, -0.05) is 24.8 Å². The van der Waals surface area contributed by atoms with Gasteiger partial charge in [0.1, 0.15) is 5.82 Å². The number of rotatable bonds is 8. The zero-order valence-electron chi connectivity index (χ0n) is 22.2. The lowest BCUT2D eigenvalue weighted by Gasteiger charge is -2.39. The van der Waals surface area contributed by atoms with Crippen molar-refractivity contribution in [2.24, 2.45) is 0 Å². The SMILES string of the molecule is C=C(c1nc(C2CC2)nc(Cc2cccc(C(F)(F)F)c2)c1C)N1CCC(N[C@H]2CCOC[C@H]2OC)CC1. The van der Waals surface area contributed by atoms with E-state index in [1.54, 1.807) is 13.2 Å². The van der Waals surface area contributed by atoms with Crippen molar-refractivity contribution >= 4 is 5.70 Å². The third-order valence-electron chi connectivity index (χ3n) is 8.04. The second-order valence-corrected chi connectivity index (χ2v) is 10.8. The lowest BCUT2D eigenvalue weighted by molar-refractivity contribution is -0.137. The number of nitrogens with zero attached hydrogens (tertiary/aromatic N) is 3. The molecule has 0 bridgehead atoms. The second kappa shape index (κ2) is 11.3. The van der Waals surface area contributed by atoms with Gasteiger partial charge in [0.05, 0.1) is 35.4 Å². The van der Waals surface area contributed by atoms with Crippen molar-refractivity contribution in [3.63, 3.8) is 0 Å². The van der Waals surface area contributed by atoms with Crippen LogP contribution in [0.2, 0.25) is 0 Å². The van der Waals surface area contributed by atoms with Crippen molar-refractivity contribution < 1.29 is 22.6 Å². The van der Waals surface area contributed by atoms with Gasteiger partial charge in [0.15, 0.2) is 0 Å². The Morgan fingerprint density at radius 2 is 1.92 bits per heavy atom. The van der Waals surface area contributed by atoms with E-state index in [0.29, 0.717) is 36.6 Å². The number of hydrogen-bond acceptors (Lipinski definition) is 6. The molecule has 1 saturated carbocycles. The van der Waals surface area contributed by atoms with Crippen LogP contribution < -0.4 is 5.32 Å². The monoisotopic (exact) mass is 530 g/mol. The normalized spacial score (nSPS) is 23.0. The van der Waals surface area contributed by atoms with Crippen molar-refractivity contribution in [2.45, 2.75) is 75.7 Å². The molecule has 0 amide bonds. The average molecular weight is 531 g/mol. The topological polar surface area (TPSA) is 59.5 Å². The third-order valence-corrected chi connectivity index (χ3v) is 8.04. The summed E-state index contributed by atoms with van der Waals surface area (Å²) in [7, 11) is 1.74. The number of aromatic nitrogens is 2. The van der Waals surface area contributed by atoms with E-state index in [4.69, 9.17) is 19.4 Å². The molecule has 2 saturated heterocycles. The Balaban J connectivity index is 1.30. The number of methoxy groups -OCH3 is 1. The summed E-state index contributed by atoms with van der Waals surface area (Å²) in [6.07, 6.45) is 1.06. The minimum absolute atomic E-state index is 0.0801. The highest BCUT2D eigenvalue weighted by Gasteiger charge is 2.33. The summed E-state index contributed by atoms with van der Waals surface area (Å²) in [5.74, 6) is 1.11. The molecular formula is C29H37F3N4O2. The highest BCUT2D eigenvalue weighted by atomic mass is 19.4. The number of ether oxygens (including phenoxy) is 2. The molecule has 38 heavy (non-hydrogen) atoms. The summed E-state index contributed by atoms with van der Waals surface area (Å²) in [6.45, 7) is 9.50. The van der Waals surface area contributed by atoms with Crippen LogP contribution in [0.1, 0.15) is 71.9 Å². The van der Waals surface area contributed by atoms with Crippen LogP contribution in [0.4, 0.5) is 13.2 Å². The molecule has 5 rings (SSSR count). The molecule has 0 unspecified atom stereocenters. The first-order valence-electron chi connectivity index (χ1n) is 13.6. The predicted molar refractivity (Wildman–Crippen MR) is 140 cm³/mol. The second-order valence-electron chi connectivity index (χ2n) is 10.8. The maximum atomic E-state index is 13.3. The van der Waals surface area contributed by atoms with Gasteiger partial charge in [0.25, 0.3) is 0 Å². The summed E-state index contributed by atoms with van der Waals surface area (Å²) in [5.41, 5.74) is 3.31. The largest absolute Gasteiger partial charge is 0.416 e. The quantitative estimate of drug-likeness (QED) is 0.513. The molecule has 6 nitrogen and oxygen atoms in total. The van der Waals surface area contributed by atoms with Crippen molar-refractivity contribution in [1.29, 1.82) is 0 Å². The standard InChI is InChI=1S/C29H37F3N4O2/c1-18-25(16-20-5-4-6-22(15-20)29(30,31)32)34-28(21-7-8-21)35-27(18)19(2)36-12-9-23(10-13-36)33-24-11-14-38-17-26(24)37-3/h4-6,15,21,23-24,26,33H,2,7-14,16-17H2,1,3H3/t24-,26+/m0/s1. The van der Waals surface area contributed by atoms with Crippen LogP contribution in [0.3, 0.4) is 0 Å². The Labute approximate surface area is 222 Å². The predicted octanol–water partition coefficient (Wildman–Crippen LogP) is 5.10. The van der Waals surface area contributed by atoms with E-state index >= 15 is 0 Å². The van der Waals surface area contributed by atoms with Crippen LogP contribution >= 0.6 is 0 Å². The number of likely N-dealkylation sites (tertiary alicyclic amines) is 1. The highest BCUT2D eigenvalue weighted by molar-refractivity contribution is 5.62. The first-order chi connectivity index (χ1) is 18.2. The van der Waals surface area contributed by atoms with Crippen LogP contribution in [-0.4, -0.2) is 66.5 Å². The number of hydrogen-bond donors (Lipinski definition) is 1. The summed E-state index contributed by atoms with van der Waals surface area (Å²) in [6, 6.07) is 6.23. The average Bonchev–Trinajstić information content (AvgIpc) is 3.76. The molecule has 1 aromatic heterocycles.